The summed E-state index contributed by atoms with van der Waals surface area (Å²) in [5.74, 6) is -0.167. The van der Waals surface area contributed by atoms with Crippen LogP contribution < -0.4 is 5.32 Å². The van der Waals surface area contributed by atoms with Gasteiger partial charge < -0.3 is 19.5 Å². The SMILES string of the molecule is CCCNC1(C(=O)OC)CCC(OCCC(C)(C)OC)C1. The van der Waals surface area contributed by atoms with Crippen LogP contribution in [0.3, 0.4) is 0 Å². The average molecular weight is 301 g/mol. The largest absolute Gasteiger partial charge is 0.468 e. The molecule has 2 unspecified atom stereocenters. The Kier molecular flexibility index (Phi) is 7.10. The highest BCUT2D eigenvalue weighted by atomic mass is 16.5. The van der Waals surface area contributed by atoms with Crippen LogP contribution in [0.25, 0.3) is 0 Å². The molecule has 0 spiro atoms. The van der Waals surface area contributed by atoms with E-state index >= 15 is 0 Å². The van der Waals surface area contributed by atoms with E-state index < -0.39 is 5.54 Å². The van der Waals surface area contributed by atoms with Gasteiger partial charge in [-0.25, -0.2) is 0 Å². The van der Waals surface area contributed by atoms with Gasteiger partial charge in [-0.3, -0.25) is 4.79 Å². The number of methoxy groups -OCH3 is 2. The highest BCUT2D eigenvalue weighted by molar-refractivity contribution is 5.81. The van der Waals surface area contributed by atoms with Crippen LogP contribution >= 0.6 is 0 Å². The van der Waals surface area contributed by atoms with E-state index in [-0.39, 0.29) is 17.7 Å². The molecule has 1 saturated carbocycles. The van der Waals surface area contributed by atoms with Gasteiger partial charge in [0.25, 0.3) is 0 Å². The first kappa shape index (κ1) is 18.4. The molecule has 1 rings (SSSR count). The molecule has 0 amide bonds. The third-order valence-corrected chi connectivity index (χ3v) is 4.37. The molecule has 5 heteroatoms. The van der Waals surface area contributed by atoms with Gasteiger partial charge in [-0.1, -0.05) is 6.92 Å². The third-order valence-electron chi connectivity index (χ3n) is 4.37. The number of carbonyl (C=O) groups is 1. The van der Waals surface area contributed by atoms with E-state index in [2.05, 4.69) is 12.2 Å². The molecule has 1 aliphatic carbocycles. The highest BCUT2D eigenvalue weighted by Gasteiger charge is 2.46. The molecule has 5 nitrogen and oxygen atoms in total. The van der Waals surface area contributed by atoms with E-state index in [1.54, 1.807) is 7.11 Å². The Hall–Kier alpha value is -0.650. The molecule has 21 heavy (non-hydrogen) atoms. The summed E-state index contributed by atoms with van der Waals surface area (Å²) in [5, 5.41) is 3.36. The fraction of sp³-hybridized carbons (Fsp3) is 0.938. The van der Waals surface area contributed by atoms with Gasteiger partial charge in [-0.15, -0.1) is 0 Å². The number of ether oxygens (including phenoxy) is 3. The normalized spacial score (nSPS) is 26.0. The molecule has 1 aliphatic rings. The molecule has 0 bridgehead atoms. The molecule has 124 valence electrons. The maximum atomic E-state index is 12.1. The zero-order chi connectivity index (χ0) is 15.9. The zero-order valence-corrected chi connectivity index (χ0v) is 14.2. The molecule has 2 atom stereocenters. The molecular weight excluding hydrogens is 270 g/mol. The standard InChI is InChI=1S/C16H31NO4/c1-6-10-17-16(14(18)19-4)8-7-13(12-16)21-11-9-15(2,3)20-5/h13,17H,6-12H2,1-5H3. The van der Waals surface area contributed by atoms with Crippen LogP contribution in [0.5, 0.6) is 0 Å². The Morgan fingerprint density at radius 3 is 2.67 bits per heavy atom. The number of carbonyl (C=O) groups excluding carboxylic acids is 1. The Bertz CT molecular complexity index is 332. The predicted octanol–water partition coefficient (Wildman–Crippen LogP) is 2.28. The minimum atomic E-state index is -0.563. The smallest absolute Gasteiger partial charge is 0.326 e. The molecule has 0 heterocycles. The van der Waals surface area contributed by atoms with Gasteiger partial charge in [-0.2, -0.15) is 0 Å². The second-order valence-corrected chi connectivity index (χ2v) is 6.45. The Morgan fingerprint density at radius 1 is 1.38 bits per heavy atom. The summed E-state index contributed by atoms with van der Waals surface area (Å²) in [6.07, 6.45) is 4.30. The first-order valence-electron chi connectivity index (χ1n) is 7.89. The second kappa shape index (κ2) is 8.11. The van der Waals surface area contributed by atoms with E-state index in [9.17, 15) is 4.79 Å². The quantitative estimate of drug-likeness (QED) is 0.662. The summed E-state index contributed by atoms with van der Waals surface area (Å²) in [7, 11) is 3.17. The lowest BCUT2D eigenvalue weighted by atomic mass is 9.97. The first-order valence-corrected chi connectivity index (χ1v) is 7.89. The van der Waals surface area contributed by atoms with Gasteiger partial charge in [0.2, 0.25) is 0 Å². The lowest BCUT2D eigenvalue weighted by molar-refractivity contribution is -0.149. The lowest BCUT2D eigenvalue weighted by Crippen LogP contribution is -2.51. The van der Waals surface area contributed by atoms with Crippen molar-refractivity contribution in [2.45, 2.75) is 70.1 Å². The zero-order valence-electron chi connectivity index (χ0n) is 14.2. The Labute approximate surface area is 128 Å². The van der Waals surface area contributed by atoms with E-state index in [4.69, 9.17) is 14.2 Å². The molecule has 0 aliphatic heterocycles. The van der Waals surface area contributed by atoms with Crippen LogP contribution in [0, 0.1) is 0 Å². The van der Waals surface area contributed by atoms with Crippen LogP contribution in [0.15, 0.2) is 0 Å². The van der Waals surface area contributed by atoms with Crippen LogP contribution in [0.1, 0.15) is 52.9 Å². The molecule has 1 fully saturated rings. The summed E-state index contributed by atoms with van der Waals surface area (Å²) in [5.41, 5.74) is -0.731. The van der Waals surface area contributed by atoms with Crippen LogP contribution in [0.2, 0.25) is 0 Å². The van der Waals surface area contributed by atoms with Crippen molar-refractivity contribution in [3.05, 3.63) is 0 Å². The fourth-order valence-electron chi connectivity index (χ4n) is 2.69. The Morgan fingerprint density at radius 2 is 2.10 bits per heavy atom. The fourth-order valence-corrected chi connectivity index (χ4v) is 2.69. The summed E-state index contributed by atoms with van der Waals surface area (Å²) in [4.78, 5) is 12.1. The predicted molar refractivity (Wildman–Crippen MR) is 82.3 cm³/mol. The van der Waals surface area contributed by atoms with Crippen LogP contribution in [-0.4, -0.2) is 50.6 Å². The maximum Gasteiger partial charge on any atom is 0.326 e. The second-order valence-electron chi connectivity index (χ2n) is 6.45. The first-order chi connectivity index (χ1) is 9.89. The van der Waals surface area contributed by atoms with Crippen molar-refractivity contribution in [3.8, 4) is 0 Å². The van der Waals surface area contributed by atoms with Crippen molar-refractivity contribution in [2.75, 3.05) is 27.4 Å². The average Bonchev–Trinajstić information content (AvgIpc) is 2.89. The van der Waals surface area contributed by atoms with Gasteiger partial charge >= 0.3 is 5.97 Å². The number of esters is 1. The van der Waals surface area contributed by atoms with Gasteiger partial charge in [0.15, 0.2) is 0 Å². The number of hydrogen-bond acceptors (Lipinski definition) is 5. The van der Waals surface area contributed by atoms with Crippen molar-refractivity contribution in [3.63, 3.8) is 0 Å². The minimum Gasteiger partial charge on any atom is -0.468 e. The van der Waals surface area contributed by atoms with Crippen LogP contribution in [-0.2, 0) is 19.0 Å². The lowest BCUT2D eigenvalue weighted by Gasteiger charge is -2.28. The molecule has 0 saturated heterocycles. The molecule has 0 aromatic carbocycles. The van der Waals surface area contributed by atoms with E-state index in [1.807, 2.05) is 13.8 Å². The summed E-state index contributed by atoms with van der Waals surface area (Å²) >= 11 is 0. The molecular formula is C16H31NO4. The van der Waals surface area contributed by atoms with Crippen molar-refractivity contribution < 1.29 is 19.0 Å². The monoisotopic (exact) mass is 301 g/mol. The van der Waals surface area contributed by atoms with E-state index in [0.717, 1.165) is 32.2 Å². The summed E-state index contributed by atoms with van der Waals surface area (Å²) in [6, 6.07) is 0. The topological polar surface area (TPSA) is 56.8 Å². The maximum absolute atomic E-state index is 12.1. The van der Waals surface area contributed by atoms with Crippen molar-refractivity contribution in [1.29, 1.82) is 0 Å². The van der Waals surface area contributed by atoms with Crippen LogP contribution in [0.4, 0.5) is 0 Å². The van der Waals surface area contributed by atoms with Gasteiger partial charge in [0, 0.05) is 20.1 Å². The summed E-state index contributed by atoms with van der Waals surface area (Å²) < 4.78 is 16.3. The third kappa shape index (κ3) is 5.24. The molecule has 0 radical (unpaired) electrons. The number of hydrogen-bond donors (Lipinski definition) is 1. The van der Waals surface area contributed by atoms with Crippen molar-refractivity contribution in [2.24, 2.45) is 0 Å². The molecule has 1 N–H and O–H groups in total. The summed E-state index contributed by atoms with van der Waals surface area (Å²) in [6.45, 7) is 7.65. The highest BCUT2D eigenvalue weighted by Crippen LogP contribution is 2.33. The van der Waals surface area contributed by atoms with Gasteiger partial charge in [0.05, 0.1) is 18.8 Å². The van der Waals surface area contributed by atoms with Crippen molar-refractivity contribution >= 4 is 5.97 Å². The van der Waals surface area contributed by atoms with Gasteiger partial charge in [0.1, 0.15) is 5.54 Å². The van der Waals surface area contributed by atoms with Crippen molar-refractivity contribution in [1.82, 2.24) is 5.32 Å². The molecule has 0 aromatic heterocycles. The number of rotatable bonds is 9. The minimum absolute atomic E-state index is 0.112. The van der Waals surface area contributed by atoms with E-state index in [1.165, 1.54) is 7.11 Å². The molecule has 0 aromatic rings. The van der Waals surface area contributed by atoms with Gasteiger partial charge in [-0.05, 0) is 46.1 Å². The Balaban J connectivity index is 2.49. The van der Waals surface area contributed by atoms with E-state index in [0.29, 0.717) is 13.0 Å². The number of nitrogens with one attached hydrogen (secondary N) is 1.